The first-order chi connectivity index (χ1) is 10.5. The molecule has 0 amide bonds. The van der Waals surface area contributed by atoms with Crippen molar-refractivity contribution in [1.29, 1.82) is 0 Å². The Morgan fingerprint density at radius 1 is 1.36 bits per heavy atom. The lowest BCUT2D eigenvalue weighted by Gasteiger charge is -2.34. The van der Waals surface area contributed by atoms with E-state index in [1.54, 1.807) is 6.21 Å². The van der Waals surface area contributed by atoms with Crippen LogP contribution in [-0.4, -0.2) is 42.8 Å². The number of ether oxygens (including phenoxy) is 2. The highest BCUT2D eigenvalue weighted by Crippen LogP contribution is 2.23. The second kappa shape index (κ2) is 7.51. The summed E-state index contributed by atoms with van der Waals surface area (Å²) in [6.07, 6.45) is 2.12. The molecule has 1 N–H and O–H groups in total. The van der Waals surface area contributed by atoms with Gasteiger partial charge in [-0.3, -0.25) is 4.99 Å². The maximum Gasteiger partial charge on any atom is 0.328 e. The van der Waals surface area contributed by atoms with Crippen molar-refractivity contribution in [3.8, 4) is 0 Å². The van der Waals surface area contributed by atoms with Gasteiger partial charge in [0, 0.05) is 24.5 Å². The van der Waals surface area contributed by atoms with Crippen LogP contribution < -0.4 is 0 Å². The Kier molecular flexibility index (Phi) is 5.69. The number of hydrogen-bond acceptors (Lipinski definition) is 4. The molecule has 120 valence electrons. The minimum atomic E-state index is -0.924. The van der Waals surface area contributed by atoms with Crippen molar-refractivity contribution >= 4 is 12.2 Å². The molecular weight excluding hydrogens is 282 g/mol. The van der Waals surface area contributed by atoms with Crippen LogP contribution in [0.5, 0.6) is 0 Å². The highest BCUT2D eigenvalue weighted by Gasteiger charge is 2.27. The Morgan fingerprint density at radius 3 is 2.59 bits per heavy atom. The van der Waals surface area contributed by atoms with Crippen molar-refractivity contribution in [3.63, 3.8) is 0 Å². The molecule has 0 aromatic heterocycles. The molecule has 1 saturated heterocycles. The zero-order valence-corrected chi connectivity index (χ0v) is 13.1. The average molecular weight is 305 g/mol. The lowest BCUT2D eigenvalue weighted by atomic mass is 9.95. The molecule has 0 bridgehead atoms. The third-order valence-electron chi connectivity index (χ3n) is 3.46. The maximum absolute atomic E-state index is 11.3. The molecule has 1 atom stereocenters. The average Bonchev–Trinajstić information content (AvgIpc) is 2.49. The second-order valence-electron chi connectivity index (χ2n) is 6.33. The molecule has 1 aliphatic rings. The number of rotatable bonds is 6. The summed E-state index contributed by atoms with van der Waals surface area (Å²) in [7, 11) is 0. The van der Waals surface area contributed by atoms with E-state index in [0.717, 1.165) is 5.56 Å². The summed E-state index contributed by atoms with van der Waals surface area (Å²) in [5.41, 5.74) is 0.990. The van der Waals surface area contributed by atoms with Crippen LogP contribution in [0, 0.1) is 5.41 Å². The summed E-state index contributed by atoms with van der Waals surface area (Å²) >= 11 is 0. The van der Waals surface area contributed by atoms with Crippen molar-refractivity contribution < 1.29 is 19.4 Å². The summed E-state index contributed by atoms with van der Waals surface area (Å²) < 4.78 is 11.2. The van der Waals surface area contributed by atoms with Crippen LogP contribution in [0.25, 0.3) is 0 Å². The number of aliphatic carboxylic acids is 1. The zero-order valence-electron chi connectivity index (χ0n) is 13.1. The predicted octanol–water partition coefficient (Wildman–Crippen LogP) is 2.54. The fourth-order valence-electron chi connectivity index (χ4n) is 2.18. The molecule has 1 fully saturated rings. The summed E-state index contributed by atoms with van der Waals surface area (Å²) in [6.45, 7) is 5.44. The first kappa shape index (κ1) is 16.6. The molecular formula is C17H23NO4. The van der Waals surface area contributed by atoms with Crippen LogP contribution in [0.3, 0.4) is 0 Å². The third kappa shape index (κ3) is 5.24. The van der Waals surface area contributed by atoms with E-state index in [9.17, 15) is 9.90 Å². The lowest BCUT2D eigenvalue weighted by Crippen LogP contribution is -2.37. The molecule has 2 rings (SSSR count). The topological polar surface area (TPSA) is 68.1 Å². The maximum atomic E-state index is 11.3. The summed E-state index contributed by atoms with van der Waals surface area (Å²) in [5, 5.41) is 9.26. The predicted molar refractivity (Wildman–Crippen MR) is 84.2 cm³/mol. The van der Waals surface area contributed by atoms with E-state index in [2.05, 4.69) is 18.8 Å². The van der Waals surface area contributed by atoms with Crippen LogP contribution in [-0.2, 0) is 20.7 Å². The van der Waals surface area contributed by atoms with Gasteiger partial charge in [0.1, 0.15) is 0 Å². The largest absolute Gasteiger partial charge is 0.480 e. The molecule has 22 heavy (non-hydrogen) atoms. The zero-order chi connectivity index (χ0) is 16.0. The van der Waals surface area contributed by atoms with E-state index >= 15 is 0 Å². The number of carboxylic acid groups (broad SMARTS) is 1. The first-order valence-electron chi connectivity index (χ1n) is 7.48. The van der Waals surface area contributed by atoms with Crippen LogP contribution in [0.1, 0.15) is 25.8 Å². The smallest absolute Gasteiger partial charge is 0.328 e. The van der Waals surface area contributed by atoms with E-state index in [1.807, 2.05) is 30.3 Å². The molecule has 1 heterocycles. The van der Waals surface area contributed by atoms with Gasteiger partial charge in [-0.1, -0.05) is 44.2 Å². The fourth-order valence-corrected chi connectivity index (χ4v) is 2.18. The third-order valence-corrected chi connectivity index (χ3v) is 3.46. The Labute approximate surface area is 131 Å². The molecule has 1 aromatic carbocycles. The normalized spacial score (nSPS) is 20.1. The molecule has 0 spiro atoms. The van der Waals surface area contributed by atoms with Gasteiger partial charge in [-0.05, 0) is 5.56 Å². The number of aliphatic imine (C=N–C) groups is 1. The van der Waals surface area contributed by atoms with E-state index in [-0.39, 0.29) is 11.7 Å². The fraction of sp³-hybridized carbons (Fsp3) is 0.529. The molecule has 5 nitrogen and oxygen atoms in total. The molecule has 5 heteroatoms. The highest BCUT2D eigenvalue weighted by molar-refractivity contribution is 5.76. The van der Waals surface area contributed by atoms with Gasteiger partial charge in [-0.25, -0.2) is 4.79 Å². The quantitative estimate of drug-likeness (QED) is 0.820. The van der Waals surface area contributed by atoms with E-state index < -0.39 is 12.0 Å². The standard InChI is InChI=1S/C17H23NO4/c1-17(2)11-21-15(22-12-17)8-9-18-14(16(19)20)10-13-6-4-3-5-7-13/h3-7,9,14-15H,8,10-12H2,1-2H3,(H,19,20)/t14-/m0/s1. The Bertz CT molecular complexity index is 503. The number of carboxylic acids is 1. The molecule has 0 aliphatic carbocycles. The molecule has 0 saturated carbocycles. The van der Waals surface area contributed by atoms with E-state index in [1.165, 1.54) is 0 Å². The number of carbonyl (C=O) groups is 1. The van der Waals surface area contributed by atoms with Gasteiger partial charge in [-0.2, -0.15) is 0 Å². The number of nitrogens with zero attached hydrogens (tertiary/aromatic N) is 1. The Balaban J connectivity index is 1.85. The van der Waals surface area contributed by atoms with Crippen LogP contribution in [0.15, 0.2) is 35.3 Å². The Hall–Kier alpha value is -1.72. The van der Waals surface area contributed by atoms with Crippen molar-refractivity contribution in [2.24, 2.45) is 10.4 Å². The second-order valence-corrected chi connectivity index (χ2v) is 6.33. The molecule has 1 aromatic rings. The first-order valence-corrected chi connectivity index (χ1v) is 7.48. The van der Waals surface area contributed by atoms with Crippen LogP contribution in [0.4, 0.5) is 0 Å². The van der Waals surface area contributed by atoms with Gasteiger partial charge in [0.15, 0.2) is 12.3 Å². The van der Waals surface area contributed by atoms with Gasteiger partial charge in [0.05, 0.1) is 13.2 Å². The van der Waals surface area contributed by atoms with E-state index in [4.69, 9.17) is 9.47 Å². The van der Waals surface area contributed by atoms with Gasteiger partial charge >= 0.3 is 5.97 Å². The minimum Gasteiger partial charge on any atom is -0.480 e. The molecule has 0 radical (unpaired) electrons. The number of hydrogen-bond donors (Lipinski definition) is 1. The van der Waals surface area contributed by atoms with Crippen molar-refractivity contribution in [2.45, 2.75) is 39.0 Å². The van der Waals surface area contributed by atoms with E-state index in [0.29, 0.717) is 26.1 Å². The monoisotopic (exact) mass is 305 g/mol. The van der Waals surface area contributed by atoms with Crippen LogP contribution >= 0.6 is 0 Å². The van der Waals surface area contributed by atoms with Gasteiger partial charge < -0.3 is 14.6 Å². The summed E-state index contributed by atoms with van der Waals surface area (Å²) in [6, 6.07) is 8.72. The minimum absolute atomic E-state index is 0.0323. The molecule has 0 unspecified atom stereocenters. The SMILES string of the molecule is CC1(C)COC(CC=N[C@@H](Cc2ccccc2)C(=O)O)OC1. The van der Waals surface area contributed by atoms with Crippen molar-refractivity contribution in [2.75, 3.05) is 13.2 Å². The highest BCUT2D eigenvalue weighted by atomic mass is 16.7. The van der Waals surface area contributed by atoms with Crippen molar-refractivity contribution in [1.82, 2.24) is 0 Å². The van der Waals surface area contributed by atoms with Crippen LogP contribution in [0.2, 0.25) is 0 Å². The van der Waals surface area contributed by atoms with Gasteiger partial charge in [0.2, 0.25) is 0 Å². The number of benzene rings is 1. The summed E-state index contributed by atoms with van der Waals surface area (Å²) in [4.78, 5) is 15.5. The van der Waals surface area contributed by atoms with Gasteiger partial charge in [0.25, 0.3) is 0 Å². The Morgan fingerprint density at radius 2 is 2.00 bits per heavy atom. The molecule has 1 aliphatic heterocycles. The van der Waals surface area contributed by atoms with Crippen molar-refractivity contribution in [3.05, 3.63) is 35.9 Å². The summed E-state index contributed by atoms with van der Waals surface area (Å²) in [5.74, 6) is -0.924. The van der Waals surface area contributed by atoms with Gasteiger partial charge in [-0.15, -0.1) is 0 Å². The lowest BCUT2D eigenvalue weighted by molar-refractivity contribution is -0.217.